The van der Waals surface area contributed by atoms with Crippen LogP contribution in [0.15, 0.2) is 77.8 Å². The molecule has 1 amide bonds. The molecule has 1 unspecified atom stereocenters. The maximum Gasteiger partial charge on any atom is 0.407 e. The molecule has 1 aromatic heterocycles. The van der Waals surface area contributed by atoms with Gasteiger partial charge in [0, 0.05) is 29.1 Å². The normalized spacial score (nSPS) is 12.7. The molecule has 0 aliphatic carbocycles. The van der Waals surface area contributed by atoms with E-state index in [1.165, 1.54) is 7.11 Å². The Kier molecular flexibility index (Phi) is 9.09. The zero-order valence-corrected chi connectivity index (χ0v) is 23.7. The van der Waals surface area contributed by atoms with Gasteiger partial charge in [-0.2, -0.15) is 0 Å². The van der Waals surface area contributed by atoms with Crippen molar-refractivity contribution < 1.29 is 24.2 Å². The highest BCUT2D eigenvalue weighted by Crippen LogP contribution is 2.32. The van der Waals surface area contributed by atoms with Crippen molar-refractivity contribution in [1.29, 1.82) is 0 Å². The van der Waals surface area contributed by atoms with Crippen LogP contribution in [0.4, 0.5) is 10.5 Å². The van der Waals surface area contributed by atoms with E-state index in [1.807, 2.05) is 75.4 Å². The quantitative estimate of drug-likeness (QED) is 0.111. The highest BCUT2D eigenvalue weighted by atomic mass is 16.6. The Labute approximate surface area is 239 Å². The van der Waals surface area contributed by atoms with Crippen LogP contribution < -0.4 is 11.1 Å². The number of amides is 1. The smallest absolute Gasteiger partial charge is 0.407 e. The van der Waals surface area contributed by atoms with Gasteiger partial charge in [0.05, 0.1) is 29.6 Å². The van der Waals surface area contributed by atoms with Crippen LogP contribution in [0.25, 0.3) is 10.9 Å². The zero-order valence-electron chi connectivity index (χ0n) is 23.7. The molecule has 9 nitrogen and oxygen atoms in total. The van der Waals surface area contributed by atoms with Gasteiger partial charge in [0.15, 0.2) is 5.88 Å². The van der Waals surface area contributed by atoms with Crippen molar-refractivity contribution >= 4 is 34.4 Å². The standard InChI is InChI=1S/C32H36N4O5/c1-32(2,3)41-31(39)34-18-8-11-25(33)20-12-15-23(16-13-20)35-28(21-9-6-5-7-10-21)27-24-17-14-22(30(38)40-4)19-26(24)36-29(27)37/h5-7,9-10,12-17,19,25,36-37H,8,11,18,33H2,1-4H3,(H,34,39). The van der Waals surface area contributed by atoms with Crippen molar-refractivity contribution in [1.82, 2.24) is 10.3 Å². The minimum atomic E-state index is -0.536. The van der Waals surface area contributed by atoms with Crippen LogP contribution in [0, 0.1) is 0 Å². The molecular formula is C32H36N4O5. The first-order valence-corrected chi connectivity index (χ1v) is 13.5. The molecular weight excluding hydrogens is 520 g/mol. The van der Waals surface area contributed by atoms with E-state index in [2.05, 4.69) is 10.3 Å². The fourth-order valence-electron chi connectivity index (χ4n) is 4.45. The summed E-state index contributed by atoms with van der Waals surface area (Å²) in [6.45, 7) is 5.94. The summed E-state index contributed by atoms with van der Waals surface area (Å²) in [6.07, 6.45) is 0.952. The van der Waals surface area contributed by atoms with E-state index in [-0.39, 0.29) is 11.9 Å². The number of methoxy groups -OCH3 is 1. The second-order valence-corrected chi connectivity index (χ2v) is 10.7. The lowest BCUT2D eigenvalue weighted by molar-refractivity contribution is 0.0525. The number of esters is 1. The summed E-state index contributed by atoms with van der Waals surface area (Å²) in [5.74, 6) is -0.514. The van der Waals surface area contributed by atoms with Gasteiger partial charge in [-0.15, -0.1) is 0 Å². The molecule has 4 rings (SSSR count). The Morgan fingerprint density at radius 3 is 2.39 bits per heavy atom. The van der Waals surface area contributed by atoms with Gasteiger partial charge in [0.1, 0.15) is 5.60 Å². The van der Waals surface area contributed by atoms with Crippen molar-refractivity contribution in [3.05, 3.63) is 95.1 Å². The average Bonchev–Trinajstić information content (AvgIpc) is 3.27. The van der Waals surface area contributed by atoms with E-state index in [9.17, 15) is 14.7 Å². The molecule has 0 bridgehead atoms. The van der Waals surface area contributed by atoms with Crippen LogP contribution in [0.2, 0.25) is 0 Å². The highest BCUT2D eigenvalue weighted by molar-refractivity contribution is 6.22. The number of nitrogens with one attached hydrogen (secondary N) is 2. The van der Waals surface area contributed by atoms with E-state index >= 15 is 0 Å². The first-order valence-electron chi connectivity index (χ1n) is 13.5. The fourth-order valence-corrected chi connectivity index (χ4v) is 4.45. The fraction of sp³-hybridized carbons (Fsp3) is 0.281. The van der Waals surface area contributed by atoms with Gasteiger partial charge in [0.2, 0.25) is 0 Å². The molecule has 0 radical (unpaired) electrons. The third kappa shape index (κ3) is 7.52. The molecule has 0 saturated carbocycles. The molecule has 9 heteroatoms. The van der Waals surface area contributed by atoms with Gasteiger partial charge >= 0.3 is 12.1 Å². The maximum atomic E-state index is 12.0. The number of alkyl carbamates (subject to hydrolysis) is 1. The number of rotatable bonds is 9. The van der Waals surface area contributed by atoms with Crippen molar-refractivity contribution in [3.8, 4) is 5.88 Å². The number of benzene rings is 3. The minimum Gasteiger partial charge on any atom is -0.494 e. The zero-order chi connectivity index (χ0) is 29.6. The third-order valence-electron chi connectivity index (χ3n) is 6.41. The molecule has 3 aromatic carbocycles. The van der Waals surface area contributed by atoms with Crippen molar-refractivity contribution in [3.63, 3.8) is 0 Å². The lowest BCUT2D eigenvalue weighted by Gasteiger charge is -2.20. The Hall–Kier alpha value is -4.63. The first-order chi connectivity index (χ1) is 19.6. The van der Waals surface area contributed by atoms with Crippen LogP contribution in [0.1, 0.15) is 66.7 Å². The van der Waals surface area contributed by atoms with E-state index in [1.54, 1.807) is 18.2 Å². The van der Waals surface area contributed by atoms with Crippen LogP contribution in [0.3, 0.4) is 0 Å². The molecule has 5 N–H and O–H groups in total. The summed E-state index contributed by atoms with van der Waals surface area (Å²) < 4.78 is 10.1. The summed E-state index contributed by atoms with van der Waals surface area (Å²) in [7, 11) is 1.33. The van der Waals surface area contributed by atoms with Crippen LogP contribution in [0.5, 0.6) is 5.88 Å². The van der Waals surface area contributed by atoms with Crippen LogP contribution >= 0.6 is 0 Å². The number of nitrogens with two attached hydrogens (primary N) is 1. The summed E-state index contributed by atoms with van der Waals surface area (Å²) in [5, 5.41) is 14.4. The Morgan fingerprint density at radius 1 is 1.02 bits per heavy atom. The van der Waals surface area contributed by atoms with Crippen molar-refractivity contribution in [2.45, 2.75) is 45.3 Å². The Balaban J connectivity index is 1.55. The lowest BCUT2D eigenvalue weighted by atomic mass is 9.99. The number of aromatic nitrogens is 1. The van der Waals surface area contributed by atoms with Crippen LogP contribution in [-0.4, -0.2) is 47.1 Å². The number of aromatic amines is 1. The minimum absolute atomic E-state index is 0.0525. The lowest BCUT2D eigenvalue weighted by Crippen LogP contribution is -2.33. The van der Waals surface area contributed by atoms with Gasteiger partial charge in [-0.3, -0.25) is 0 Å². The van der Waals surface area contributed by atoms with E-state index in [4.69, 9.17) is 20.2 Å². The predicted molar refractivity (Wildman–Crippen MR) is 160 cm³/mol. The number of carbonyl (C=O) groups excluding carboxylic acids is 2. The largest absolute Gasteiger partial charge is 0.494 e. The topological polar surface area (TPSA) is 139 Å². The molecule has 0 aliphatic heterocycles. The number of aliphatic imine (C=N–C) groups is 1. The third-order valence-corrected chi connectivity index (χ3v) is 6.41. The number of H-pyrrole nitrogens is 1. The number of carbonyl (C=O) groups is 2. The number of hydrogen-bond acceptors (Lipinski definition) is 7. The van der Waals surface area contributed by atoms with Gasteiger partial charge in [-0.05, 0) is 63.4 Å². The Bertz CT molecular complexity index is 1540. The molecule has 214 valence electrons. The second-order valence-electron chi connectivity index (χ2n) is 10.7. The summed E-state index contributed by atoms with van der Waals surface area (Å²) in [6, 6.07) is 22.1. The van der Waals surface area contributed by atoms with Crippen molar-refractivity contribution in [2.75, 3.05) is 13.7 Å². The molecule has 0 fully saturated rings. The number of nitrogens with zero attached hydrogens (tertiary/aromatic N) is 1. The van der Waals surface area contributed by atoms with E-state index in [0.717, 1.165) is 16.5 Å². The number of fused-ring (bicyclic) bond motifs is 1. The summed E-state index contributed by atoms with van der Waals surface area (Å²) in [4.78, 5) is 31.7. The molecule has 0 saturated heterocycles. The average molecular weight is 557 g/mol. The molecule has 1 atom stereocenters. The van der Waals surface area contributed by atoms with Gasteiger partial charge in [-0.1, -0.05) is 48.5 Å². The molecule has 0 aliphatic rings. The van der Waals surface area contributed by atoms with Crippen molar-refractivity contribution in [2.24, 2.45) is 10.7 Å². The first kappa shape index (κ1) is 29.4. The molecule has 1 heterocycles. The second kappa shape index (κ2) is 12.7. The predicted octanol–water partition coefficient (Wildman–Crippen LogP) is 6.13. The van der Waals surface area contributed by atoms with Gasteiger partial charge < -0.3 is 30.6 Å². The maximum absolute atomic E-state index is 12.0. The summed E-state index contributed by atoms with van der Waals surface area (Å²) >= 11 is 0. The molecule has 0 spiro atoms. The van der Waals surface area contributed by atoms with Gasteiger partial charge in [-0.25, -0.2) is 14.6 Å². The van der Waals surface area contributed by atoms with Gasteiger partial charge in [0.25, 0.3) is 0 Å². The Morgan fingerprint density at radius 2 is 1.73 bits per heavy atom. The molecule has 41 heavy (non-hydrogen) atoms. The van der Waals surface area contributed by atoms with E-state index in [0.29, 0.717) is 47.4 Å². The number of aromatic hydroxyl groups is 1. The SMILES string of the molecule is COC(=O)c1ccc2c(C(=Nc3ccc(C(N)CCCNC(=O)OC(C)(C)C)cc3)c3ccccc3)c(O)[nH]c2c1. The monoisotopic (exact) mass is 556 g/mol. The van der Waals surface area contributed by atoms with Crippen LogP contribution in [-0.2, 0) is 9.47 Å². The van der Waals surface area contributed by atoms with E-state index < -0.39 is 17.7 Å². The molecule has 4 aromatic rings. The highest BCUT2D eigenvalue weighted by Gasteiger charge is 2.20. The summed E-state index contributed by atoms with van der Waals surface area (Å²) in [5.41, 5.74) is 10.4. The number of hydrogen-bond donors (Lipinski definition) is 4. The number of ether oxygens (including phenoxy) is 2.